The molecule has 0 amide bonds. The second-order valence-electron chi connectivity index (χ2n) is 2.00. The van der Waals surface area contributed by atoms with E-state index in [1.54, 1.807) is 18.5 Å². The lowest BCUT2D eigenvalue weighted by molar-refractivity contribution is 0.338. The van der Waals surface area contributed by atoms with Gasteiger partial charge in [-0.05, 0) is 6.07 Å². The summed E-state index contributed by atoms with van der Waals surface area (Å²) in [6.07, 6.45) is 4.72. The lowest BCUT2D eigenvalue weighted by Crippen LogP contribution is -1.66. The van der Waals surface area contributed by atoms with E-state index < -0.39 is 0 Å². The maximum Gasteiger partial charge on any atom is 0.290 e. The fourth-order valence-electron chi connectivity index (χ4n) is 0.878. The molecule has 0 aromatic carbocycles. The van der Waals surface area contributed by atoms with Crippen LogP contribution >= 0.6 is 0 Å². The van der Waals surface area contributed by atoms with Crippen LogP contribution in [-0.2, 0) is 0 Å². The molecule has 1 N–H and O–H groups in total. The third kappa shape index (κ3) is 0.572. The van der Waals surface area contributed by atoms with Crippen molar-refractivity contribution < 1.29 is 9.52 Å². The molecular weight excluding hydrogens is 130 g/mol. The number of pyridine rings is 1. The van der Waals surface area contributed by atoms with Gasteiger partial charge in [0.25, 0.3) is 5.95 Å². The molecule has 0 unspecified atom stereocenters. The standard InChI is InChI=1S/C7H5NO2/c9-7-6-1-2-8-3-5(6)4-10-7/h1-4,9H. The summed E-state index contributed by atoms with van der Waals surface area (Å²) in [6.45, 7) is 0. The molecule has 0 saturated carbocycles. The lowest BCUT2D eigenvalue weighted by atomic mass is 10.3. The minimum atomic E-state index is -0.0441. The summed E-state index contributed by atoms with van der Waals surface area (Å²) in [5, 5.41) is 10.5. The second kappa shape index (κ2) is 1.73. The minimum Gasteiger partial charge on any atom is -0.480 e. The zero-order chi connectivity index (χ0) is 6.97. The minimum absolute atomic E-state index is 0.0441. The van der Waals surface area contributed by atoms with Gasteiger partial charge < -0.3 is 9.52 Å². The van der Waals surface area contributed by atoms with Crippen LogP contribution in [-0.4, -0.2) is 10.1 Å². The topological polar surface area (TPSA) is 46.3 Å². The number of hydrogen-bond acceptors (Lipinski definition) is 3. The molecular formula is C7H5NO2. The maximum absolute atomic E-state index is 9.02. The summed E-state index contributed by atoms with van der Waals surface area (Å²) in [5.74, 6) is -0.0441. The predicted octanol–water partition coefficient (Wildman–Crippen LogP) is 1.53. The Kier molecular flexibility index (Phi) is 0.917. The summed E-state index contributed by atoms with van der Waals surface area (Å²) in [7, 11) is 0. The Balaban J connectivity index is 2.93. The summed E-state index contributed by atoms with van der Waals surface area (Å²) in [4.78, 5) is 3.86. The molecule has 0 atom stereocenters. The first-order valence-corrected chi connectivity index (χ1v) is 2.88. The van der Waals surface area contributed by atoms with E-state index in [9.17, 15) is 0 Å². The number of aromatic nitrogens is 1. The zero-order valence-electron chi connectivity index (χ0n) is 5.11. The molecule has 10 heavy (non-hydrogen) atoms. The molecule has 2 rings (SSSR count). The molecule has 3 nitrogen and oxygen atoms in total. The van der Waals surface area contributed by atoms with Crippen LogP contribution in [0.15, 0.2) is 29.1 Å². The van der Waals surface area contributed by atoms with Crippen LogP contribution in [0.2, 0.25) is 0 Å². The van der Waals surface area contributed by atoms with Gasteiger partial charge in [0.2, 0.25) is 0 Å². The molecule has 2 aromatic heterocycles. The van der Waals surface area contributed by atoms with E-state index in [2.05, 4.69) is 4.98 Å². The predicted molar refractivity (Wildman–Crippen MR) is 35.7 cm³/mol. The largest absolute Gasteiger partial charge is 0.480 e. The van der Waals surface area contributed by atoms with Crippen LogP contribution in [0.5, 0.6) is 5.95 Å². The van der Waals surface area contributed by atoms with Crippen molar-refractivity contribution in [2.75, 3.05) is 0 Å². The third-order valence-electron chi connectivity index (χ3n) is 1.38. The van der Waals surface area contributed by atoms with Crippen molar-refractivity contribution in [3.8, 4) is 5.95 Å². The van der Waals surface area contributed by atoms with E-state index in [-0.39, 0.29) is 5.95 Å². The van der Waals surface area contributed by atoms with Crippen LogP contribution in [0, 0.1) is 0 Å². The zero-order valence-corrected chi connectivity index (χ0v) is 5.11. The molecule has 2 heterocycles. The van der Waals surface area contributed by atoms with Gasteiger partial charge in [0, 0.05) is 17.8 Å². The van der Waals surface area contributed by atoms with Crippen molar-refractivity contribution in [2.45, 2.75) is 0 Å². The van der Waals surface area contributed by atoms with Gasteiger partial charge in [0.15, 0.2) is 0 Å². The number of rotatable bonds is 0. The normalized spacial score (nSPS) is 10.4. The van der Waals surface area contributed by atoms with Gasteiger partial charge in [-0.25, -0.2) is 0 Å². The van der Waals surface area contributed by atoms with Gasteiger partial charge in [-0.15, -0.1) is 0 Å². The van der Waals surface area contributed by atoms with Crippen molar-refractivity contribution in [3.05, 3.63) is 24.7 Å². The fraction of sp³-hybridized carbons (Fsp3) is 0. The molecule has 0 aliphatic heterocycles. The summed E-state index contributed by atoms with van der Waals surface area (Å²) < 4.78 is 4.73. The SMILES string of the molecule is Oc1occ2cnccc12. The van der Waals surface area contributed by atoms with Crippen molar-refractivity contribution in [3.63, 3.8) is 0 Å². The Morgan fingerprint density at radius 1 is 1.50 bits per heavy atom. The highest BCUT2D eigenvalue weighted by atomic mass is 16.5. The first kappa shape index (κ1) is 5.29. The van der Waals surface area contributed by atoms with Crippen molar-refractivity contribution in [2.24, 2.45) is 0 Å². The molecule has 0 saturated heterocycles. The average Bonchev–Trinajstić information content (AvgIpc) is 2.34. The van der Waals surface area contributed by atoms with Crippen LogP contribution < -0.4 is 0 Å². The molecule has 0 radical (unpaired) electrons. The molecule has 0 fully saturated rings. The molecule has 2 aromatic rings. The Bertz CT molecular complexity index is 353. The molecule has 0 aliphatic rings. The van der Waals surface area contributed by atoms with Gasteiger partial charge in [0.05, 0.1) is 5.39 Å². The van der Waals surface area contributed by atoms with E-state index >= 15 is 0 Å². The third-order valence-corrected chi connectivity index (χ3v) is 1.38. The van der Waals surface area contributed by atoms with E-state index in [0.717, 1.165) is 5.39 Å². The quantitative estimate of drug-likeness (QED) is 0.595. The van der Waals surface area contributed by atoms with E-state index in [1.807, 2.05) is 0 Å². The van der Waals surface area contributed by atoms with Crippen LogP contribution in [0.4, 0.5) is 0 Å². The number of aromatic hydroxyl groups is 1. The first-order chi connectivity index (χ1) is 4.88. The summed E-state index contributed by atoms with van der Waals surface area (Å²) in [6, 6.07) is 1.70. The average molecular weight is 135 g/mol. The van der Waals surface area contributed by atoms with E-state index in [1.165, 1.54) is 6.26 Å². The van der Waals surface area contributed by atoms with Crippen molar-refractivity contribution >= 4 is 10.8 Å². The number of hydrogen-bond donors (Lipinski definition) is 1. The first-order valence-electron chi connectivity index (χ1n) is 2.88. The summed E-state index contributed by atoms with van der Waals surface area (Å²) >= 11 is 0. The van der Waals surface area contributed by atoms with Crippen LogP contribution in [0.1, 0.15) is 0 Å². The van der Waals surface area contributed by atoms with Gasteiger partial charge >= 0.3 is 0 Å². The van der Waals surface area contributed by atoms with Gasteiger partial charge in [-0.3, -0.25) is 4.98 Å². The highest BCUT2D eigenvalue weighted by Crippen LogP contribution is 2.24. The van der Waals surface area contributed by atoms with Gasteiger partial charge in [0.1, 0.15) is 6.26 Å². The number of fused-ring (bicyclic) bond motifs is 1. The molecule has 0 aliphatic carbocycles. The highest BCUT2D eigenvalue weighted by Gasteiger charge is 2.00. The number of furan rings is 1. The van der Waals surface area contributed by atoms with Gasteiger partial charge in [-0.2, -0.15) is 0 Å². The molecule has 0 bridgehead atoms. The van der Waals surface area contributed by atoms with E-state index in [4.69, 9.17) is 9.52 Å². The Morgan fingerprint density at radius 2 is 2.40 bits per heavy atom. The highest BCUT2D eigenvalue weighted by molar-refractivity contribution is 5.84. The smallest absolute Gasteiger partial charge is 0.290 e. The van der Waals surface area contributed by atoms with E-state index in [0.29, 0.717) is 5.39 Å². The lowest BCUT2D eigenvalue weighted by Gasteiger charge is -1.83. The Labute approximate surface area is 56.9 Å². The Hall–Kier alpha value is -1.51. The van der Waals surface area contributed by atoms with Crippen LogP contribution in [0.25, 0.3) is 10.8 Å². The molecule has 0 spiro atoms. The fourth-order valence-corrected chi connectivity index (χ4v) is 0.878. The van der Waals surface area contributed by atoms with Gasteiger partial charge in [-0.1, -0.05) is 0 Å². The molecule has 3 heteroatoms. The van der Waals surface area contributed by atoms with Crippen molar-refractivity contribution in [1.29, 1.82) is 0 Å². The number of nitrogens with zero attached hydrogens (tertiary/aromatic N) is 1. The monoisotopic (exact) mass is 135 g/mol. The maximum atomic E-state index is 9.02. The van der Waals surface area contributed by atoms with Crippen LogP contribution in [0.3, 0.4) is 0 Å². The Morgan fingerprint density at radius 3 is 3.20 bits per heavy atom. The molecule has 50 valence electrons. The summed E-state index contributed by atoms with van der Waals surface area (Å²) in [5.41, 5.74) is 0. The second-order valence-corrected chi connectivity index (χ2v) is 2.00. The van der Waals surface area contributed by atoms with Crippen molar-refractivity contribution in [1.82, 2.24) is 4.98 Å².